The van der Waals surface area contributed by atoms with Crippen molar-refractivity contribution >= 4 is 0 Å². The van der Waals surface area contributed by atoms with E-state index in [0.29, 0.717) is 5.92 Å². The van der Waals surface area contributed by atoms with Crippen molar-refractivity contribution in [2.45, 2.75) is 26.8 Å². The molecule has 0 aliphatic heterocycles. The lowest BCUT2D eigenvalue weighted by atomic mass is 9.98. The van der Waals surface area contributed by atoms with Crippen molar-refractivity contribution in [3.8, 4) is 11.1 Å². The van der Waals surface area contributed by atoms with E-state index in [1.54, 1.807) is 6.26 Å². The predicted molar refractivity (Wildman–Crippen MR) is 75.4 cm³/mol. The van der Waals surface area contributed by atoms with Gasteiger partial charge in [-0.05, 0) is 36.6 Å². The SMILES string of the molecule is CNCc1occc1-c1cccc(CC(C)C)c1. The van der Waals surface area contributed by atoms with Gasteiger partial charge in [-0.2, -0.15) is 0 Å². The second kappa shape index (κ2) is 5.87. The van der Waals surface area contributed by atoms with Gasteiger partial charge in [0.2, 0.25) is 0 Å². The van der Waals surface area contributed by atoms with E-state index in [2.05, 4.69) is 43.4 Å². The second-order valence-electron chi connectivity index (χ2n) is 5.09. The third-order valence-corrected chi connectivity index (χ3v) is 2.96. The van der Waals surface area contributed by atoms with E-state index in [-0.39, 0.29) is 0 Å². The van der Waals surface area contributed by atoms with Crippen LogP contribution in [0.2, 0.25) is 0 Å². The Bertz CT molecular complexity index is 499. The Morgan fingerprint density at radius 2 is 2.06 bits per heavy atom. The Morgan fingerprint density at radius 3 is 2.78 bits per heavy atom. The van der Waals surface area contributed by atoms with Crippen LogP contribution in [0.15, 0.2) is 41.0 Å². The first-order chi connectivity index (χ1) is 8.70. The quantitative estimate of drug-likeness (QED) is 0.862. The van der Waals surface area contributed by atoms with Crippen molar-refractivity contribution in [2.75, 3.05) is 7.05 Å². The molecule has 1 aromatic carbocycles. The molecule has 1 N–H and O–H groups in total. The van der Waals surface area contributed by atoms with E-state index in [1.807, 2.05) is 13.1 Å². The van der Waals surface area contributed by atoms with E-state index in [0.717, 1.165) is 18.7 Å². The summed E-state index contributed by atoms with van der Waals surface area (Å²) in [5.74, 6) is 1.68. The molecule has 0 unspecified atom stereocenters. The van der Waals surface area contributed by atoms with Gasteiger partial charge in [0.1, 0.15) is 5.76 Å². The number of furan rings is 1. The van der Waals surface area contributed by atoms with Gasteiger partial charge in [0, 0.05) is 5.56 Å². The minimum absolute atomic E-state index is 0.682. The van der Waals surface area contributed by atoms with E-state index in [9.17, 15) is 0 Å². The van der Waals surface area contributed by atoms with Gasteiger partial charge in [0.25, 0.3) is 0 Å². The molecule has 0 spiro atoms. The van der Waals surface area contributed by atoms with Crippen molar-refractivity contribution in [2.24, 2.45) is 5.92 Å². The Hall–Kier alpha value is -1.54. The summed E-state index contributed by atoms with van der Waals surface area (Å²) in [6.45, 7) is 5.25. The molecule has 0 aliphatic rings. The van der Waals surface area contributed by atoms with Crippen LogP contribution in [-0.2, 0) is 13.0 Å². The Kier molecular flexibility index (Phi) is 4.21. The van der Waals surface area contributed by atoms with Crippen LogP contribution in [0.5, 0.6) is 0 Å². The van der Waals surface area contributed by atoms with Gasteiger partial charge in [0.15, 0.2) is 0 Å². The fourth-order valence-electron chi connectivity index (χ4n) is 2.23. The normalized spacial score (nSPS) is 11.1. The van der Waals surface area contributed by atoms with Crippen LogP contribution in [0, 0.1) is 5.92 Å². The molecule has 0 amide bonds. The van der Waals surface area contributed by atoms with Gasteiger partial charge in [-0.25, -0.2) is 0 Å². The largest absolute Gasteiger partial charge is 0.467 e. The van der Waals surface area contributed by atoms with Crippen LogP contribution in [0.1, 0.15) is 25.2 Å². The zero-order valence-corrected chi connectivity index (χ0v) is 11.4. The fourth-order valence-corrected chi connectivity index (χ4v) is 2.23. The lowest BCUT2D eigenvalue weighted by Crippen LogP contribution is -2.04. The molecule has 1 aromatic heterocycles. The monoisotopic (exact) mass is 243 g/mol. The van der Waals surface area contributed by atoms with Crippen LogP contribution in [0.3, 0.4) is 0 Å². The van der Waals surface area contributed by atoms with Crippen molar-refractivity contribution in [1.82, 2.24) is 5.32 Å². The zero-order valence-electron chi connectivity index (χ0n) is 11.4. The summed E-state index contributed by atoms with van der Waals surface area (Å²) in [5, 5.41) is 3.13. The average Bonchev–Trinajstić information content (AvgIpc) is 2.77. The third kappa shape index (κ3) is 3.02. The molecular formula is C16H21NO. The van der Waals surface area contributed by atoms with Crippen molar-refractivity contribution in [1.29, 1.82) is 0 Å². The molecular weight excluding hydrogens is 222 g/mol. The summed E-state index contributed by atoms with van der Waals surface area (Å²) in [7, 11) is 1.93. The van der Waals surface area contributed by atoms with E-state index in [4.69, 9.17) is 4.42 Å². The average molecular weight is 243 g/mol. The molecule has 0 aliphatic carbocycles. The maximum absolute atomic E-state index is 5.52. The lowest BCUT2D eigenvalue weighted by molar-refractivity contribution is 0.497. The first-order valence-electron chi connectivity index (χ1n) is 6.51. The molecule has 2 rings (SSSR count). The van der Waals surface area contributed by atoms with Crippen molar-refractivity contribution < 1.29 is 4.42 Å². The topological polar surface area (TPSA) is 25.2 Å². The molecule has 0 radical (unpaired) electrons. The molecule has 18 heavy (non-hydrogen) atoms. The van der Waals surface area contributed by atoms with Crippen LogP contribution in [0.4, 0.5) is 0 Å². The van der Waals surface area contributed by atoms with Gasteiger partial charge in [0.05, 0.1) is 12.8 Å². The van der Waals surface area contributed by atoms with E-state index in [1.165, 1.54) is 16.7 Å². The minimum atomic E-state index is 0.682. The number of hydrogen-bond donors (Lipinski definition) is 1. The van der Waals surface area contributed by atoms with Gasteiger partial charge >= 0.3 is 0 Å². The second-order valence-corrected chi connectivity index (χ2v) is 5.09. The summed E-state index contributed by atoms with van der Waals surface area (Å²) in [5.41, 5.74) is 3.82. The molecule has 96 valence electrons. The third-order valence-electron chi connectivity index (χ3n) is 2.96. The maximum Gasteiger partial charge on any atom is 0.125 e. The minimum Gasteiger partial charge on any atom is -0.467 e. The van der Waals surface area contributed by atoms with Gasteiger partial charge in [-0.3, -0.25) is 0 Å². The molecule has 2 nitrogen and oxygen atoms in total. The summed E-state index contributed by atoms with van der Waals surface area (Å²) in [6.07, 6.45) is 2.88. The molecule has 1 heterocycles. The van der Waals surface area contributed by atoms with Gasteiger partial charge in [-0.1, -0.05) is 38.1 Å². The molecule has 2 aromatic rings. The van der Waals surface area contributed by atoms with Gasteiger partial charge < -0.3 is 9.73 Å². The smallest absolute Gasteiger partial charge is 0.125 e. The molecule has 0 saturated carbocycles. The predicted octanol–water partition coefficient (Wildman–Crippen LogP) is 3.86. The Morgan fingerprint density at radius 1 is 1.22 bits per heavy atom. The van der Waals surface area contributed by atoms with Crippen LogP contribution < -0.4 is 5.32 Å². The van der Waals surface area contributed by atoms with Crippen molar-refractivity contribution in [3.05, 3.63) is 47.9 Å². The molecule has 2 heteroatoms. The standard InChI is InChI=1S/C16H21NO/c1-12(2)9-13-5-4-6-14(10-13)15-7-8-18-16(15)11-17-3/h4-8,10,12,17H,9,11H2,1-3H3. The fraction of sp³-hybridized carbons (Fsp3) is 0.375. The van der Waals surface area contributed by atoms with Crippen LogP contribution in [0.25, 0.3) is 11.1 Å². The number of benzene rings is 1. The Labute approximate surface area is 109 Å². The highest BCUT2D eigenvalue weighted by atomic mass is 16.3. The highest BCUT2D eigenvalue weighted by Gasteiger charge is 2.08. The number of rotatable bonds is 5. The van der Waals surface area contributed by atoms with E-state index < -0.39 is 0 Å². The first kappa shape index (κ1) is 12.9. The summed E-state index contributed by atoms with van der Waals surface area (Å²) >= 11 is 0. The molecule has 0 bridgehead atoms. The van der Waals surface area contributed by atoms with Crippen LogP contribution >= 0.6 is 0 Å². The molecule has 0 atom stereocenters. The molecule has 0 fully saturated rings. The number of hydrogen-bond acceptors (Lipinski definition) is 2. The zero-order chi connectivity index (χ0) is 13.0. The van der Waals surface area contributed by atoms with E-state index >= 15 is 0 Å². The Balaban J connectivity index is 2.29. The summed E-state index contributed by atoms with van der Waals surface area (Å²) in [6, 6.07) is 10.8. The first-order valence-corrected chi connectivity index (χ1v) is 6.51. The summed E-state index contributed by atoms with van der Waals surface area (Å²) < 4.78 is 5.52. The lowest BCUT2D eigenvalue weighted by Gasteiger charge is -2.08. The van der Waals surface area contributed by atoms with Gasteiger partial charge in [-0.15, -0.1) is 0 Å². The summed E-state index contributed by atoms with van der Waals surface area (Å²) in [4.78, 5) is 0. The van der Waals surface area contributed by atoms with Crippen LogP contribution in [-0.4, -0.2) is 7.05 Å². The van der Waals surface area contributed by atoms with Crippen molar-refractivity contribution in [3.63, 3.8) is 0 Å². The maximum atomic E-state index is 5.52. The highest BCUT2D eigenvalue weighted by molar-refractivity contribution is 5.66. The molecule has 0 saturated heterocycles. The number of nitrogens with one attached hydrogen (secondary N) is 1. The highest BCUT2D eigenvalue weighted by Crippen LogP contribution is 2.26.